The van der Waals surface area contributed by atoms with Crippen molar-refractivity contribution in [2.45, 2.75) is 31.2 Å². The van der Waals surface area contributed by atoms with Gasteiger partial charge in [-0.05, 0) is 54.3 Å². The number of rotatable bonds is 5. The number of thioether (sulfide) groups is 1. The van der Waals surface area contributed by atoms with Gasteiger partial charge in [0.05, 0.1) is 10.9 Å². The van der Waals surface area contributed by atoms with Gasteiger partial charge in [-0.1, -0.05) is 65.9 Å². The summed E-state index contributed by atoms with van der Waals surface area (Å²) in [7, 11) is 0. The molecular weight excluding hydrogens is 382 g/mol. The number of carbonyl (C=O) groups is 1. The number of benzene rings is 3. The maximum atomic E-state index is 12.8. The molecule has 0 aliphatic carbocycles. The van der Waals surface area contributed by atoms with Gasteiger partial charge in [-0.3, -0.25) is 4.79 Å². The lowest BCUT2D eigenvalue weighted by molar-refractivity contribution is -0.115. The second kappa shape index (κ2) is 8.05. The first-order valence-corrected chi connectivity index (χ1v) is 10.2. The van der Waals surface area contributed by atoms with Crippen LogP contribution in [-0.4, -0.2) is 31.4 Å². The second-order valence-corrected chi connectivity index (χ2v) is 8.25. The van der Waals surface area contributed by atoms with E-state index in [4.69, 9.17) is 0 Å². The summed E-state index contributed by atoms with van der Waals surface area (Å²) in [6, 6.07) is 20.0. The van der Waals surface area contributed by atoms with Crippen LogP contribution in [0.2, 0.25) is 0 Å². The van der Waals surface area contributed by atoms with Crippen LogP contribution < -0.4 is 5.32 Å². The van der Waals surface area contributed by atoms with Crippen LogP contribution >= 0.6 is 11.8 Å². The van der Waals surface area contributed by atoms with Gasteiger partial charge in [-0.2, -0.15) is 4.68 Å². The van der Waals surface area contributed by atoms with E-state index in [1.54, 1.807) is 4.68 Å². The number of aryl methyl sites for hydroxylation is 2. The zero-order valence-electron chi connectivity index (χ0n) is 16.5. The van der Waals surface area contributed by atoms with Crippen LogP contribution in [0.1, 0.15) is 18.1 Å². The van der Waals surface area contributed by atoms with Crippen molar-refractivity contribution in [1.29, 1.82) is 0 Å². The van der Waals surface area contributed by atoms with Crippen molar-refractivity contribution >= 4 is 34.1 Å². The molecule has 7 heteroatoms. The number of hydrogen-bond acceptors (Lipinski definition) is 5. The van der Waals surface area contributed by atoms with Crippen molar-refractivity contribution in [3.05, 3.63) is 71.8 Å². The highest BCUT2D eigenvalue weighted by molar-refractivity contribution is 8.00. The van der Waals surface area contributed by atoms with Gasteiger partial charge in [0.25, 0.3) is 0 Å². The van der Waals surface area contributed by atoms with Crippen LogP contribution in [0.5, 0.6) is 0 Å². The molecule has 0 bridgehead atoms. The van der Waals surface area contributed by atoms with E-state index in [1.807, 2.05) is 75.4 Å². The Morgan fingerprint density at radius 1 is 1.07 bits per heavy atom. The number of tetrazole rings is 1. The Bertz CT molecular complexity index is 1180. The van der Waals surface area contributed by atoms with Gasteiger partial charge in [0.1, 0.15) is 0 Å². The SMILES string of the molecule is Cc1ccc(-n2nnnc2SC(C)C(=O)Nc2cccc3ccccc23)c(C)c1. The van der Waals surface area contributed by atoms with Gasteiger partial charge in [0, 0.05) is 11.1 Å². The van der Waals surface area contributed by atoms with E-state index < -0.39 is 0 Å². The molecule has 1 heterocycles. The molecule has 0 aliphatic heterocycles. The van der Waals surface area contributed by atoms with Crippen molar-refractivity contribution in [3.63, 3.8) is 0 Å². The lowest BCUT2D eigenvalue weighted by Gasteiger charge is -2.14. The van der Waals surface area contributed by atoms with E-state index in [9.17, 15) is 4.79 Å². The first-order chi connectivity index (χ1) is 14.0. The van der Waals surface area contributed by atoms with Crippen molar-refractivity contribution in [3.8, 4) is 5.69 Å². The monoisotopic (exact) mass is 403 g/mol. The summed E-state index contributed by atoms with van der Waals surface area (Å²) in [5, 5.41) is 17.4. The second-order valence-electron chi connectivity index (χ2n) is 6.94. The zero-order valence-corrected chi connectivity index (χ0v) is 17.3. The number of fused-ring (bicyclic) bond motifs is 1. The first-order valence-electron chi connectivity index (χ1n) is 9.34. The molecule has 1 amide bonds. The van der Waals surface area contributed by atoms with Crippen LogP contribution in [0.25, 0.3) is 16.5 Å². The quantitative estimate of drug-likeness (QED) is 0.495. The summed E-state index contributed by atoms with van der Waals surface area (Å²) in [5.74, 6) is -0.0958. The van der Waals surface area contributed by atoms with Crippen molar-refractivity contribution in [1.82, 2.24) is 20.2 Å². The number of aromatic nitrogens is 4. The molecule has 4 aromatic rings. The van der Waals surface area contributed by atoms with E-state index in [-0.39, 0.29) is 11.2 Å². The molecule has 0 aliphatic rings. The molecule has 6 nitrogen and oxygen atoms in total. The summed E-state index contributed by atoms with van der Waals surface area (Å²) in [5.41, 5.74) is 3.96. The van der Waals surface area contributed by atoms with Gasteiger partial charge in [0.15, 0.2) is 0 Å². The molecule has 0 spiro atoms. The molecule has 29 heavy (non-hydrogen) atoms. The smallest absolute Gasteiger partial charge is 0.237 e. The molecule has 0 saturated heterocycles. The summed E-state index contributed by atoms with van der Waals surface area (Å²) < 4.78 is 1.68. The topological polar surface area (TPSA) is 72.7 Å². The molecule has 0 saturated carbocycles. The van der Waals surface area contributed by atoms with Gasteiger partial charge in [-0.25, -0.2) is 0 Å². The van der Waals surface area contributed by atoms with E-state index in [0.717, 1.165) is 27.7 Å². The Balaban J connectivity index is 1.53. The molecule has 0 fully saturated rings. The summed E-state index contributed by atoms with van der Waals surface area (Å²) in [4.78, 5) is 12.8. The summed E-state index contributed by atoms with van der Waals surface area (Å²) >= 11 is 1.33. The highest BCUT2D eigenvalue weighted by Gasteiger charge is 2.20. The molecule has 1 unspecified atom stereocenters. The Morgan fingerprint density at radius 2 is 1.86 bits per heavy atom. The largest absolute Gasteiger partial charge is 0.325 e. The summed E-state index contributed by atoms with van der Waals surface area (Å²) in [6.45, 7) is 5.92. The predicted octanol–water partition coefficient (Wildman–Crippen LogP) is 4.55. The van der Waals surface area contributed by atoms with Crippen LogP contribution in [-0.2, 0) is 4.79 Å². The molecule has 0 radical (unpaired) electrons. The lowest BCUT2D eigenvalue weighted by atomic mass is 10.1. The minimum Gasteiger partial charge on any atom is -0.325 e. The van der Waals surface area contributed by atoms with Crippen LogP contribution in [0.15, 0.2) is 65.8 Å². The fourth-order valence-corrected chi connectivity index (χ4v) is 4.03. The minimum atomic E-state index is -0.371. The average molecular weight is 404 g/mol. The third-order valence-corrected chi connectivity index (χ3v) is 5.75. The minimum absolute atomic E-state index is 0.0958. The number of amides is 1. The average Bonchev–Trinajstić information content (AvgIpc) is 3.16. The predicted molar refractivity (Wildman–Crippen MR) is 117 cm³/mol. The zero-order chi connectivity index (χ0) is 20.4. The van der Waals surface area contributed by atoms with Crippen molar-refractivity contribution in [2.75, 3.05) is 5.32 Å². The number of hydrogen-bond donors (Lipinski definition) is 1. The highest BCUT2D eigenvalue weighted by atomic mass is 32.2. The Morgan fingerprint density at radius 3 is 2.69 bits per heavy atom. The third kappa shape index (κ3) is 4.00. The molecular formula is C22H21N5OS. The normalized spacial score (nSPS) is 12.1. The van der Waals surface area contributed by atoms with Gasteiger partial charge in [-0.15, -0.1) is 5.10 Å². The highest BCUT2D eigenvalue weighted by Crippen LogP contribution is 2.27. The standard InChI is InChI=1S/C22H21N5OS/c1-14-11-12-20(15(2)13-14)27-22(24-25-26-27)29-16(3)21(28)23-19-10-6-8-17-7-4-5-9-18(17)19/h4-13,16H,1-3H3,(H,23,28). The van der Waals surface area contributed by atoms with Gasteiger partial charge >= 0.3 is 0 Å². The van der Waals surface area contributed by atoms with E-state index in [2.05, 4.69) is 26.9 Å². The third-order valence-electron chi connectivity index (χ3n) is 4.72. The van der Waals surface area contributed by atoms with Crippen molar-refractivity contribution in [2.24, 2.45) is 0 Å². The van der Waals surface area contributed by atoms with Crippen LogP contribution in [0.3, 0.4) is 0 Å². The van der Waals surface area contributed by atoms with E-state index in [1.165, 1.54) is 17.3 Å². The number of nitrogens with one attached hydrogen (secondary N) is 1. The lowest BCUT2D eigenvalue weighted by Crippen LogP contribution is -2.23. The number of nitrogens with zero attached hydrogens (tertiary/aromatic N) is 4. The number of anilines is 1. The molecule has 1 N–H and O–H groups in total. The number of carbonyl (C=O) groups excluding carboxylic acids is 1. The first kappa shape index (κ1) is 19.1. The van der Waals surface area contributed by atoms with Crippen molar-refractivity contribution < 1.29 is 4.79 Å². The maximum absolute atomic E-state index is 12.8. The Hall–Kier alpha value is -3.19. The molecule has 4 rings (SSSR count). The molecule has 3 aromatic carbocycles. The maximum Gasteiger partial charge on any atom is 0.237 e. The Kier molecular flexibility index (Phi) is 5.31. The fourth-order valence-electron chi connectivity index (χ4n) is 3.23. The van der Waals surface area contributed by atoms with Gasteiger partial charge in [0.2, 0.25) is 11.1 Å². The van der Waals surface area contributed by atoms with Gasteiger partial charge < -0.3 is 5.32 Å². The van der Waals surface area contributed by atoms with E-state index in [0.29, 0.717) is 5.16 Å². The molecule has 146 valence electrons. The summed E-state index contributed by atoms with van der Waals surface area (Å²) in [6.07, 6.45) is 0. The van der Waals surface area contributed by atoms with E-state index >= 15 is 0 Å². The fraction of sp³-hybridized carbons (Fsp3) is 0.182. The van der Waals surface area contributed by atoms with Crippen LogP contribution in [0, 0.1) is 13.8 Å². The molecule has 1 atom stereocenters. The Labute approximate surface area is 173 Å². The van der Waals surface area contributed by atoms with Crippen LogP contribution in [0.4, 0.5) is 5.69 Å². The molecule has 1 aromatic heterocycles.